The highest BCUT2D eigenvalue weighted by atomic mass is 16.3. The van der Waals surface area contributed by atoms with E-state index in [0.29, 0.717) is 17.8 Å². The molecule has 1 unspecified atom stereocenters. The molecular weight excluding hydrogens is 184 g/mol. The maximum absolute atomic E-state index is 10.3. The van der Waals surface area contributed by atoms with Crippen LogP contribution in [0.25, 0.3) is 0 Å². The summed E-state index contributed by atoms with van der Waals surface area (Å²) < 4.78 is 0. The van der Waals surface area contributed by atoms with Gasteiger partial charge in [-0.3, -0.25) is 0 Å². The molecule has 0 rings (SSSR count). The van der Waals surface area contributed by atoms with E-state index in [-0.39, 0.29) is 11.5 Å². The molecule has 0 aromatic heterocycles. The molecule has 92 valence electrons. The minimum Gasteiger partial charge on any atom is -0.393 e. The lowest BCUT2D eigenvalue weighted by Gasteiger charge is -2.34. The first-order chi connectivity index (χ1) is 6.71. The van der Waals surface area contributed by atoms with E-state index in [4.69, 9.17) is 0 Å². The number of aliphatic hydroxyl groups excluding tert-OH is 1. The van der Waals surface area contributed by atoms with Gasteiger partial charge in [-0.1, -0.05) is 54.9 Å². The Morgan fingerprint density at radius 3 is 1.67 bits per heavy atom. The van der Waals surface area contributed by atoms with E-state index >= 15 is 0 Å². The van der Waals surface area contributed by atoms with Crippen molar-refractivity contribution in [3.63, 3.8) is 0 Å². The molecule has 0 aromatic carbocycles. The zero-order valence-electron chi connectivity index (χ0n) is 11.7. The maximum atomic E-state index is 10.3. The van der Waals surface area contributed by atoms with Crippen LogP contribution >= 0.6 is 0 Å². The van der Waals surface area contributed by atoms with Gasteiger partial charge < -0.3 is 5.11 Å². The Bertz CT molecular complexity index is 162. The van der Waals surface area contributed by atoms with Crippen LogP contribution < -0.4 is 0 Å². The Hall–Kier alpha value is -0.0400. The quantitative estimate of drug-likeness (QED) is 0.705. The molecule has 0 bridgehead atoms. The highest BCUT2D eigenvalue weighted by Gasteiger charge is 2.30. The van der Waals surface area contributed by atoms with Gasteiger partial charge in [-0.05, 0) is 29.6 Å². The largest absolute Gasteiger partial charge is 0.393 e. The maximum Gasteiger partial charge on any atom is 0.0578 e. The van der Waals surface area contributed by atoms with Crippen LogP contribution in [0.4, 0.5) is 0 Å². The molecule has 0 heterocycles. The zero-order chi connectivity index (χ0) is 12.2. The average Bonchev–Trinajstić information content (AvgIpc) is 2.01. The first kappa shape index (κ1) is 15.0. The molecule has 1 nitrogen and oxygen atoms in total. The van der Waals surface area contributed by atoms with Crippen LogP contribution in [-0.4, -0.2) is 11.2 Å². The predicted octanol–water partition coefficient (Wildman–Crippen LogP) is 4.10. The summed E-state index contributed by atoms with van der Waals surface area (Å²) in [5.74, 6) is 1.55. The van der Waals surface area contributed by atoms with Crippen molar-refractivity contribution in [1.82, 2.24) is 0 Å². The van der Waals surface area contributed by atoms with Gasteiger partial charge in [0.25, 0.3) is 0 Å². The highest BCUT2D eigenvalue weighted by Crippen LogP contribution is 2.33. The van der Waals surface area contributed by atoms with E-state index < -0.39 is 0 Å². The van der Waals surface area contributed by atoms with Crippen LogP contribution in [0.1, 0.15) is 61.3 Å². The Balaban J connectivity index is 4.45. The molecule has 0 aliphatic rings. The van der Waals surface area contributed by atoms with Crippen molar-refractivity contribution >= 4 is 0 Å². The number of rotatable bonds is 6. The average molecular weight is 214 g/mol. The topological polar surface area (TPSA) is 20.2 Å². The second kappa shape index (κ2) is 5.89. The van der Waals surface area contributed by atoms with E-state index in [1.165, 1.54) is 0 Å². The van der Waals surface area contributed by atoms with Gasteiger partial charge in [-0.15, -0.1) is 0 Å². The Morgan fingerprint density at radius 1 is 1.00 bits per heavy atom. The fraction of sp³-hybridized carbons (Fsp3) is 1.00. The summed E-state index contributed by atoms with van der Waals surface area (Å²) in [7, 11) is 0. The third kappa shape index (κ3) is 5.01. The molecule has 0 aliphatic carbocycles. The van der Waals surface area contributed by atoms with Crippen molar-refractivity contribution in [2.45, 2.75) is 67.4 Å². The molecule has 0 saturated carbocycles. The summed E-state index contributed by atoms with van der Waals surface area (Å²) in [6.45, 7) is 15.5. The summed E-state index contributed by atoms with van der Waals surface area (Å²) in [5, 5.41) is 10.3. The van der Waals surface area contributed by atoms with Gasteiger partial charge in [-0.2, -0.15) is 0 Å². The third-order valence-electron chi connectivity index (χ3n) is 3.70. The molecule has 1 atom stereocenters. The minimum absolute atomic E-state index is 0.153. The summed E-state index contributed by atoms with van der Waals surface area (Å²) >= 11 is 0. The summed E-state index contributed by atoms with van der Waals surface area (Å²) in [6, 6.07) is 0. The lowest BCUT2D eigenvalue weighted by Crippen LogP contribution is -2.33. The number of hydrogen-bond donors (Lipinski definition) is 1. The number of aliphatic hydroxyl groups is 1. The summed E-state index contributed by atoms with van der Waals surface area (Å²) in [5.41, 5.74) is 0.265. The monoisotopic (exact) mass is 214 g/mol. The van der Waals surface area contributed by atoms with E-state index in [0.717, 1.165) is 12.8 Å². The number of hydrogen-bond acceptors (Lipinski definition) is 1. The minimum atomic E-state index is -0.153. The SMILES string of the molecule is CCC(C)(C)CC(O)C(C(C)C)C(C)C. The van der Waals surface area contributed by atoms with Crippen molar-refractivity contribution in [1.29, 1.82) is 0 Å². The standard InChI is InChI=1S/C14H30O/c1-8-14(6,7)9-12(15)13(10(2)3)11(4)5/h10-13,15H,8-9H2,1-7H3. The van der Waals surface area contributed by atoms with Crippen molar-refractivity contribution in [3.05, 3.63) is 0 Å². The molecule has 0 aliphatic heterocycles. The molecule has 0 fully saturated rings. The van der Waals surface area contributed by atoms with Gasteiger partial charge in [0, 0.05) is 0 Å². The molecule has 0 amide bonds. The van der Waals surface area contributed by atoms with Gasteiger partial charge >= 0.3 is 0 Å². The molecule has 1 N–H and O–H groups in total. The van der Waals surface area contributed by atoms with Crippen LogP contribution in [0.5, 0.6) is 0 Å². The molecular formula is C14H30O. The Kier molecular flexibility index (Phi) is 5.87. The first-order valence-corrected chi connectivity index (χ1v) is 6.39. The van der Waals surface area contributed by atoms with Gasteiger partial charge in [0.05, 0.1) is 6.10 Å². The van der Waals surface area contributed by atoms with Gasteiger partial charge in [-0.25, -0.2) is 0 Å². The second-order valence-electron chi connectivity index (χ2n) is 6.35. The fourth-order valence-electron chi connectivity index (χ4n) is 2.50. The smallest absolute Gasteiger partial charge is 0.0578 e. The van der Waals surface area contributed by atoms with Gasteiger partial charge in [0.1, 0.15) is 0 Å². The first-order valence-electron chi connectivity index (χ1n) is 6.39. The van der Waals surface area contributed by atoms with Gasteiger partial charge in [0.2, 0.25) is 0 Å². The van der Waals surface area contributed by atoms with E-state index in [1.54, 1.807) is 0 Å². The van der Waals surface area contributed by atoms with Crippen molar-refractivity contribution in [3.8, 4) is 0 Å². The summed E-state index contributed by atoms with van der Waals surface area (Å²) in [4.78, 5) is 0. The Labute approximate surface area is 96.3 Å². The van der Waals surface area contributed by atoms with Crippen LogP contribution in [0, 0.1) is 23.2 Å². The van der Waals surface area contributed by atoms with Crippen molar-refractivity contribution in [2.24, 2.45) is 23.2 Å². The molecule has 0 saturated heterocycles. The fourth-order valence-corrected chi connectivity index (χ4v) is 2.50. The van der Waals surface area contributed by atoms with Crippen LogP contribution in [0.2, 0.25) is 0 Å². The normalized spacial score (nSPS) is 15.4. The molecule has 1 heteroatoms. The second-order valence-corrected chi connectivity index (χ2v) is 6.35. The van der Waals surface area contributed by atoms with Crippen molar-refractivity contribution < 1.29 is 5.11 Å². The van der Waals surface area contributed by atoms with Crippen LogP contribution in [-0.2, 0) is 0 Å². The Morgan fingerprint density at radius 2 is 1.40 bits per heavy atom. The van der Waals surface area contributed by atoms with Crippen LogP contribution in [0.15, 0.2) is 0 Å². The van der Waals surface area contributed by atoms with E-state index in [2.05, 4.69) is 48.5 Å². The molecule has 0 spiro atoms. The highest BCUT2D eigenvalue weighted by molar-refractivity contribution is 4.80. The summed E-state index contributed by atoms with van der Waals surface area (Å²) in [6.07, 6.45) is 1.90. The van der Waals surface area contributed by atoms with E-state index in [1.807, 2.05) is 0 Å². The van der Waals surface area contributed by atoms with Gasteiger partial charge in [0.15, 0.2) is 0 Å². The third-order valence-corrected chi connectivity index (χ3v) is 3.70. The van der Waals surface area contributed by atoms with Crippen LogP contribution in [0.3, 0.4) is 0 Å². The predicted molar refractivity (Wildman–Crippen MR) is 67.9 cm³/mol. The molecule has 15 heavy (non-hydrogen) atoms. The van der Waals surface area contributed by atoms with Crippen molar-refractivity contribution in [2.75, 3.05) is 0 Å². The zero-order valence-corrected chi connectivity index (χ0v) is 11.7. The van der Waals surface area contributed by atoms with E-state index in [9.17, 15) is 5.11 Å². The lowest BCUT2D eigenvalue weighted by atomic mass is 9.74. The lowest BCUT2D eigenvalue weighted by molar-refractivity contribution is 0.0183. The molecule has 0 aromatic rings. The molecule has 0 radical (unpaired) electrons.